The van der Waals surface area contributed by atoms with Crippen molar-refractivity contribution in [1.29, 1.82) is 5.41 Å². The van der Waals surface area contributed by atoms with Crippen LogP contribution < -0.4 is 0 Å². The third-order valence-electron chi connectivity index (χ3n) is 3.27. The molecule has 2 aromatic carbocycles. The lowest BCUT2D eigenvalue weighted by molar-refractivity contribution is 0.415. The SMILES string of the molecule is N=C1CSC(N(Cc2ccccc2)Cc2ccccc2)=N1. The van der Waals surface area contributed by atoms with Crippen LogP contribution in [0.3, 0.4) is 0 Å². The Morgan fingerprint density at radius 2 is 1.43 bits per heavy atom. The van der Waals surface area contributed by atoms with Gasteiger partial charge in [-0.25, -0.2) is 4.99 Å². The minimum atomic E-state index is 0.459. The Morgan fingerprint density at radius 3 is 1.86 bits per heavy atom. The molecule has 0 unspecified atom stereocenters. The molecule has 0 radical (unpaired) electrons. The molecule has 21 heavy (non-hydrogen) atoms. The van der Waals surface area contributed by atoms with Crippen LogP contribution in [0.1, 0.15) is 11.1 Å². The molecule has 1 heterocycles. The normalized spacial score (nSPS) is 14.1. The topological polar surface area (TPSA) is 39.5 Å². The fourth-order valence-corrected chi connectivity index (χ4v) is 3.09. The van der Waals surface area contributed by atoms with Crippen molar-refractivity contribution in [3.05, 3.63) is 71.8 Å². The molecule has 1 N–H and O–H groups in total. The Balaban J connectivity index is 1.81. The van der Waals surface area contributed by atoms with Gasteiger partial charge < -0.3 is 4.90 Å². The van der Waals surface area contributed by atoms with Gasteiger partial charge in [0, 0.05) is 13.1 Å². The molecule has 0 aromatic heterocycles. The smallest absolute Gasteiger partial charge is 0.166 e. The maximum atomic E-state index is 7.70. The van der Waals surface area contributed by atoms with Gasteiger partial charge in [-0.2, -0.15) is 0 Å². The van der Waals surface area contributed by atoms with Crippen LogP contribution in [0.15, 0.2) is 65.7 Å². The summed E-state index contributed by atoms with van der Waals surface area (Å²) in [6.07, 6.45) is 0. The highest BCUT2D eigenvalue weighted by Crippen LogP contribution is 2.21. The maximum absolute atomic E-state index is 7.70. The fourth-order valence-electron chi connectivity index (χ4n) is 2.27. The molecule has 2 aromatic rings. The first-order valence-electron chi connectivity index (χ1n) is 6.93. The zero-order valence-corrected chi connectivity index (χ0v) is 12.5. The summed E-state index contributed by atoms with van der Waals surface area (Å²) in [4.78, 5) is 6.62. The molecule has 0 aliphatic carbocycles. The first-order valence-corrected chi connectivity index (χ1v) is 7.91. The van der Waals surface area contributed by atoms with Crippen LogP contribution in [-0.4, -0.2) is 21.7 Å². The maximum Gasteiger partial charge on any atom is 0.166 e. The molecule has 3 nitrogen and oxygen atoms in total. The number of nitrogens with one attached hydrogen (secondary N) is 1. The molecule has 0 spiro atoms. The average Bonchev–Trinajstić information content (AvgIpc) is 2.95. The molecule has 4 heteroatoms. The van der Waals surface area contributed by atoms with E-state index in [9.17, 15) is 0 Å². The van der Waals surface area contributed by atoms with Crippen LogP contribution in [-0.2, 0) is 13.1 Å². The number of amidine groups is 2. The summed E-state index contributed by atoms with van der Waals surface area (Å²) in [5.74, 6) is 1.14. The predicted molar refractivity (Wildman–Crippen MR) is 89.8 cm³/mol. The molecule has 0 bridgehead atoms. The number of benzene rings is 2. The van der Waals surface area contributed by atoms with Gasteiger partial charge in [0.25, 0.3) is 0 Å². The lowest BCUT2D eigenvalue weighted by Gasteiger charge is -2.24. The lowest BCUT2D eigenvalue weighted by Crippen LogP contribution is -2.27. The third-order valence-corrected chi connectivity index (χ3v) is 4.30. The summed E-state index contributed by atoms with van der Waals surface area (Å²) in [7, 11) is 0. The number of hydrogen-bond acceptors (Lipinski definition) is 3. The monoisotopic (exact) mass is 295 g/mol. The Hall–Kier alpha value is -2.07. The van der Waals surface area contributed by atoms with E-state index in [0.717, 1.165) is 18.3 Å². The number of rotatable bonds is 4. The summed E-state index contributed by atoms with van der Waals surface area (Å²) in [5, 5.41) is 8.65. The van der Waals surface area contributed by atoms with Gasteiger partial charge in [0.1, 0.15) is 5.84 Å². The summed E-state index contributed by atoms with van der Waals surface area (Å²) in [5.41, 5.74) is 2.52. The number of hydrogen-bond donors (Lipinski definition) is 1. The first kappa shape index (κ1) is 13.9. The average molecular weight is 295 g/mol. The van der Waals surface area contributed by atoms with Gasteiger partial charge in [0.2, 0.25) is 0 Å². The minimum Gasteiger partial charge on any atom is -0.342 e. The van der Waals surface area contributed by atoms with E-state index in [1.807, 2.05) is 12.1 Å². The van der Waals surface area contributed by atoms with Gasteiger partial charge in [-0.15, -0.1) is 0 Å². The van der Waals surface area contributed by atoms with E-state index in [0.29, 0.717) is 11.6 Å². The van der Waals surface area contributed by atoms with Gasteiger partial charge in [-0.05, 0) is 11.1 Å². The second-order valence-corrected chi connectivity index (χ2v) is 5.90. The Morgan fingerprint density at radius 1 is 0.905 bits per heavy atom. The van der Waals surface area contributed by atoms with Gasteiger partial charge in [-0.1, -0.05) is 72.4 Å². The Bertz CT molecular complexity index is 596. The first-order chi connectivity index (χ1) is 10.3. The quantitative estimate of drug-likeness (QED) is 0.932. The molecule has 0 saturated carbocycles. The highest BCUT2D eigenvalue weighted by atomic mass is 32.2. The van der Waals surface area contributed by atoms with Crippen LogP contribution in [0.2, 0.25) is 0 Å². The molecule has 0 saturated heterocycles. The summed E-state index contributed by atoms with van der Waals surface area (Å²) in [6, 6.07) is 20.8. The largest absolute Gasteiger partial charge is 0.342 e. The summed E-state index contributed by atoms with van der Waals surface area (Å²) in [6.45, 7) is 1.63. The van der Waals surface area contributed by atoms with Crippen molar-refractivity contribution in [3.8, 4) is 0 Å². The molecular formula is C17H17N3S. The number of thioether (sulfide) groups is 1. The van der Waals surface area contributed by atoms with Crippen molar-refractivity contribution >= 4 is 22.8 Å². The fraction of sp³-hybridized carbons (Fsp3) is 0.176. The lowest BCUT2D eigenvalue weighted by atomic mass is 10.2. The van der Waals surface area contributed by atoms with Crippen LogP contribution in [0, 0.1) is 5.41 Å². The van der Waals surface area contributed by atoms with Crippen molar-refractivity contribution in [2.45, 2.75) is 13.1 Å². The van der Waals surface area contributed by atoms with Gasteiger partial charge in [0.15, 0.2) is 5.17 Å². The summed E-state index contributed by atoms with van der Waals surface area (Å²) < 4.78 is 0. The van der Waals surface area contributed by atoms with E-state index >= 15 is 0 Å². The second-order valence-electron chi connectivity index (χ2n) is 4.96. The van der Waals surface area contributed by atoms with E-state index in [1.54, 1.807) is 11.8 Å². The van der Waals surface area contributed by atoms with Crippen LogP contribution >= 0.6 is 11.8 Å². The highest BCUT2D eigenvalue weighted by Gasteiger charge is 2.19. The molecule has 3 rings (SSSR count). The zero-order valence-electron chi connectivity index (χ0n) is 11.7. The summed E-state index contributed by atoms with van der Waals surface area (Å²) >= 11 is 1.65. The van der Waals surface area contributed by atoms with Gasteiger partial charge >= 0.3 is 0 Å². The molecule has 0 fully saturated rings. The van der Waals surface area contributed by atoms with Crippen LogP contribution in [0.25, 0.3) is 0 Å². The Labute approximate surface area is 129 Å². The van der Waals surface area contributed by atoms with Crippen molar-refractivity contribution in [2.24, 2.45) is 4.99 Å². The molecule has 0 atom stereocenters. The minimum absolute atomic E-state index is 0.459. The highest BCUT2D eigenvalue weighted by molar-refractivity contribution is 8.14. The van der Waals surface area contributed by atoms with E-state index in [-0.39, 0.29) is 0 Å². The molecule has 1 aliphatic rings. The number of nitrogens with zero attached hydrogens (tertiary/aromatic N) is 2. The van der Waals surface area contributed by atoms with Crippen molar-refractivity contribution in [2.75, 3.05) is 5.75 Å². The molecule has 0 amide bonds. The molecule has 106 valence electrons. The van der Waals surface area contributed by atoms with E-state index in [1.165, 1.54) is 11.1 Å². The Kier molecular flexibility index (Phi) is 4.36. The number of aliphatic imine (C=N–C) groups is 1. The third kappa shape index (κ3) is 3.73. The second kappa shape index (κ2) is 6.59. The van der Waals surface area contributed by atoms with Crippen molar-refractivity contribution in [1.82, 2.24) is 4.90 Å². The van der Waals surface area contributed by atoms with Gasteiger partial charge in [0.05, 0.1) is 5.75 Å². The van der Waals surface area contributed by atoms with E-state index in [2.05, 4.69) is 58.4 Å². The van der Waals surface area contributed by atoms with E-state index in [4.69, 9.17) is 5.41 Å². The predicted octanol–water partition coefficient (Wildman–Crippen LogP) is 3.77. The molecule has 1 aliphatic heterocycles. The van der Waals surface area contributed by atoms with E-state index < -0.39 is 0 Å². The van der Waals surface area contributed by atoms with Gasteiger partial charge in [-0.3, -0.25) is 5.41 Å². The standard InChI is InChI=1S/C17H17N3S/c18-16-13-21-17(19-16)20(11-14-7-3-1-4-8-14)12-15-9-5-2-6-10-15/h1-10,18H,11-13H2. The van der Waals surface area contributed by atoms with Crippen LogP contribution in [0.5, 0.6) is 0 Å². The molecular weight excluding hydrogens is 278 g/mol. The van der Waals surface area contributed by atoms with Crippen LogP contribution in [0.4, 0.5) is 0 Å². The zero-order chi connectivity index (χ0) is 14.5. The van der Waals surface area contributed by atoms with Crippen molar-refractivity contribution < 1.29 is 0 Å². The van der Waals surface area contributed by atoms with Crippen molar-refractivity contribution in [3.63, 3.8) is 0 Å².